The largest absolute Gasteiger partial charge is 0.391 e. The van der Waals surface area contributed by atoms with Crippen molar-refractivity contribution in [3.05, 3.63) is 32.7 Å². The fraction of sp³-hybridized carbons (Fsp3) is 0.500. The molecule has 1 rings (SSSR count). The van der Waals surface area contributed by atoms with Crippen LogP contribution in [0.1, 0.15) is 12.0 Å². The molecule has 2 N–H and O–H groups in total. The third-order valence-corrected chi connectivity index (χ3v) is 4.21. The number of methoxy groups -OCH3 is 1. The molecule has 0 aliphatic rings. The Morgan fingerprint density at radius 1 is 1.35 bits per heavy atom. The Hall–Kier alpha value is 0.0600. The van der Waals surface area contributed by atoms with Crippen LogP contribution in [0.5, 0.6) is 0 Å². The summed E-state index contributed by atoms with van der Waals surface area (Å²) >= 11 is 6.90. The van der Waals surface area contributed by atoms with E-state index in [2.05, 4.69) is 49.3 Å². The Labute approximate surface area is 119 Å². The molecule has 3 nitrogen and oxygen atoms in total. The van der Waals surface area contributed by atoms with Crippen molar-refractivity contribution in [1.29, 1.82) is 0 Å². The Bertz CT molecular complexity index is 347. The normalized spacial score (nSPS) is 12.7. The van der Waals surface area contributed by atoms with Gasteiger partial charge in [-0.05, 0) is 62.5 Å². The highest BCUT2D eigenvalue weighted by atomic mass is 79.9. The van der Waals surface area contributed by atoms with Crippen LogP contribution in [0.2, 0.25) is 0 Å². The molecule has 0 fully saturated rings. The maximum atomic E-state index is 9.45. The van der Waals surface area contributed by atoms with Crippen LogP contribution >= 0.6 is 31.9 Å². The number of hydrogen-bond donors (Lipinski definition) is 2. The third kappa shape index (κ3) is 5.97. The van der Waals surface area contributed by atoms with E-state index in [0.717, 1.165) is 22.0 Å². The predicted octanol–water partition coefficient (Wildman–Crippen LogP) is 2.70. The molecule has 96 valence electrons. The molecule has 1 aromatic rings. The number of hydrogen-bond acceptors (Lipinski definition) is 3. The number of ether oxygens (including phenoxy) is 1. The summed E-state index contributed by atoms with van der Waals surface area (Å²) in [4.78, 5) is 0. The minimum atomic E-state index is -0.385. The van der Waals surface area contributed by atoms with E-state index >= 15 is 0 Å². The van der Waals surface area contributed by atoms with Crippen molar-refractivity contribution >= 4 is 31.9 Å². The third-order valence-electron chi connectivity index (χ3n) is 2.33. The lowest BCUT2D eigenvalue weighted by atomic mass is 10.2. The first-order chi connectivity index (χ1) is 8.13. The number of aliphatic hydroxyl groups excluding tert-OH is 1. The van der Waals surface area contributed by atoms with E-state index in [0.29, 0.717) is 13.0 Å². The van der Waals surface area contributed by atoms with Crippen molar-refractivity contribution in [3.8, 4) is 0 Å². The summed E-state index contributed by atoms with van der Waals surface area (Å²) in [7, 11) is 1.59. The summed E-state index contributed by atoms with van der Waals surface area (Å²) in [6.07, 6.45) is 0.315. The summed E-state index contributed by atoms with van der Waals surface area (Å²) in [5.74, 6) is 0. The van der Waals surface area contributed by atoms with Gasteiger partial charge in [0.15, 0.2) is 0 Å². The highest BCUT2D eigenvalue weighted by molar-refractivity contribution is 9.13. The minimum absolute atomic E-state index is 0.385. The van der Waals surface area contributed by atoms with E-state index < -0.39 is 0 Å². The minimum Gasteiger partial charge on any atom is -0.391 e. The average Bonchev–Trinajstić information content (AvgIpc) is 2.29. The zero-order chi connectivity index (χ0) is 12.7. The van der Waals surface area contributed by atoms with Gasteiger partial charge in [-0.2, -0.15) is 0 Å². The van der Waals surface area contributed by atoms with Crippen molar-refractivity contribution in [2.24, 2.45) is 0 Å². The summed E-state index contributed by atoms with van der Waals surface area (Å²) in [5, 5.41) is 12.7. The molecule has 0 aromatic heterocycles. The molecule has 0 aliphatic carbocycles. The number of halogens is 2. The van der Waals surface area contributed by atoms with Crippen LogP contribution in [0, 0.1) is 0 Å². The summed E-state index contributed by atoms with van der Waals surface area (Å²) in [6, 6.07) is 6.15. The molecule has 0 aliphatic heterocycles. The van der Waals surface area contributed by atoms with Crippen molar-refractivity contribution in [2.75, 3.05) is 20.3 Å². The molecule has 0 spiro atoms. The van der Waals surface area contributed by atoms with Gasteiger partial charge >= 0.3 is 0 Å². The Morgan fingerprint density at radius 2 is 2.12 bits per heavy atom. The highest BCUT2D eigenvalue weighted by Gasteiger charge is 2.03. The van der Waals surface area contributed by atoms with Crippen LogP contribution in [0.15, 0.2) is 27.1 Å². The van der Waals surface area contributed by atoms with E-state index in [9.17, 15) is 5.11 Å². The van der Waals surface area contributed by atoms with Gasteiger partial charge in [0.1, 0.15) is 0 Å². The van der Waals surface area contributed by atoms with E-state index in [-0.39, 0.29) is 6.10 Å². The maximum Gasteiger partial charge on any atom is 0.0785 e. The van der Waals surface area contributed by atoms with Gasteiger partial charge in [0.25, 0.3) is 0 Å². The quantitative estimate of drug-likeness (QED) is 0.729. The van der Waals surface area contributed by atoms with Gasteiger partial charge in [-0.1, -0.05) is 6.07 Å². The fourth-order valence-electron chi connectivity index (χ4n) is 1.43. The van der Waals surface area contributed by atoms with Gasteiger partial charge in [0.05, 0.1) is 12.7 Å². The smallest absolute Gasteiger partial charge is 0.0785 e. The molecule has 1 atom stereocenters. The summed E-state index contributed by atoms with van der Waals surface area (Å²) in [6.45, 7) is 1.97. The molecule has 0 amide bonds. The Balaban J connectivity index is 2.24. The van der Waals surface area contributed by atoms with Crippen LogP contribution in [0.4, 0.5) is 0 Å². The molecular weight excluding hydrogens is 350 g/mol. The molecule has 1 aromatic carbocycles. The molecule has 17 heavy (non-hydrogen) atoms. The lowest BCUT2D eigenvalue weighted by Crippen LogP contribution is -2.23. The second-order valence-corrected chi connectivity index (χ2v) is 5.53. The molecule has 0 bridgehead atoms. The molecule has 0 saturated carbocycles. The number of nitrogens with one attached hydrogen (secondary N) is 1. The molecular formula is C12H17Br2NO2. The van der Waals surface area contributed by atoms with Gasteiger partial charge in [0.2, 0.25) is 0 Å². The van der Waals surface area contributed by atoms with Crippen LogP contribution < -0.4 is 5.32 Å². The van der Waals surface area contributed by atoms with E-state index in [1.165, 1.54) is 5.56 Å². The van der Waals surface area contributed by atoms with Gasteiger partial charge in [-0.3, -0.25) is 0 Å². The Morgan fingerprint density at radius 3 is 2.76 bits per heavy atom. The molecule has 0 radical (unpaired) electrons. The SMILES string of the molecule is COCC(O)CCNCc1ccc(Br)c(Br)c1. The maximum absolute atomic E-state index is 9.45. The zero-order valence-electron chi connectivity index (χ0n) is 9.75. The second-order valence-electron chi connectivity index (χ2n) is 3.82. The molecule has 0 heterocycles. The average molecular weight is 367 g/mol. The van der Waals surface area contributed by atoms with Crippen molar-refractivity contribution in [1.82, 2.24) is 5.32 Å². The fourth-order valence-corrected chi connectivity index (χ4v) is 2.10. The number of rotatable bonds is 7. The first-order valence-electron chi connectivity index (χ1n) is 5.45. The first kappa shape index (κ1) is 15.1. The lowest BCUT2D eigenvalue weighted by molar-refractivity contribution is 0.0594. The lowest BCUT2D eigenvalue weighted by Gasteiger charge is -2.10. The number of aliphatic hydroxyl groups is 1. The van der Waals surface area contributed by atoms with Crippen LogP contribution in [0.25, 0.3) is 0 Å². The van der Waals surface area contributed by atoms with E-state index in [4.69, 9.17) is 4.74 Å². The molecule has 1 unspecified atom stereocenters. The summed E-state index contributed by atoms with van der Waals surface area (Å²) < 4.78 is 6.96. The summed E-state index contributed by atoms with van der Waals surface area (Å²) in [5.41, 5.74) is 1.21. The van der Waals surface area contributed by atoms with Crippen molar-refractivity contribution < 1.29 is 9.84 Å². The number of benzene rings is 1. The van der Waals surface area contributed by atoms with Crippen LogP contribution in [0.3, 0.4) is 0 Å². The van der Waals surface area contributed by atoms with E-state index in [1.54, 1.807) is 7.11 Å². The second kappa shape index (κ2) is 8.21. The van der Waals surface area contributed by atoms with Crippen LogP contribution in [-0.4, -0.2) is 31.5 Å². The predicted molar refractivity (Wildman–Crippen MR) is 76.0 cm³/mol. The molecule has 5 heteroatoms. The monoisotopic (exact) mass is 365 g/mol. The van der Waals surface area contributed by atoms with Crippen molar-refractivity contribution in [3.63, 3.8) is 0 Å². The topological polar surface area (TPSA) is 41.5 Å². The van der Waals surface area contributed by atoms with Crippen molar-refractivity contribution in [2.45, 2.75) is 19.1 Å². The van der Waals surface area contributed by atoms with Gasteiger partial charge in [-0.25, -0.2) is 0 Å². The van der Waals surface area contributed by atoms with Gasteiger partial charge in [-0.15, -0.1) is 0 Å². The Kier molecular flexibility index (Phi) is 7.30. The van der Waals surface area contributed by atoms with E-state index in [1.807, 2.05) is 6.07 Å². The zero-order valence-corrected chi connectivity index (χ0v) is 12.9. The van der Waals surface area contributed by atoms with Gasteiger partial charge < -0.3 is 15.2 Å². The van der Waals surface area contributed by atoms with Crippen LogP contribution in [-0.2, 0) is 11.3 Å². The standard InChI is InChI=1S/C12H17Br2NO2/c1-17-8-10(16)4-5-15-7-9-2-3-11(13)12(14)6-9/h2-3,6,10,15-16H,4-5,7-8H2,1H3. The van der Waals surface area contributed by atoms with Gasteiger partial charge in [0, 0.05) is 22.6 Å². The molecule has 0 saturated heterocycles. The highest BCUT2D eigenvalue weighted by Crippen LogP contribution is 2.23. The first-order valence-corrected chi connectivity index (χ1v) is 7.03.